The van der Waals surface area contributed by atoms with E-state index < -0.39 is 26.1 Å². The molecule has 0 spiro atoms. The van der Waals surface area contributed by atoms with Crippen LogP contribution in [0.15, 0.2) is 12.7 Å². The summed E-state index contributed by atoms with van der Waals surface area (Å²) in [7, 11) is -2.23. The molecule has 7 heteroatoms. The number of halogens is 1. The molecule has 0 aliphatic rings. The first-order chi connectivity index (χ1) is 8.08. The van der Waals surface area contributed by atoms with Crippen LogP contribution in [0.5, 0.6) is 0 Å². The minimum atomic E-state index is -2.23. The van der Waals surface area contributed by atoms with Crippen LogP contribution in [-0.4, -0.2) is 30.6 Å². The summed E-state index contributed by atoms with van der Waals surface area (Å²) in [6, 6.07) is 0. The van der Waals surface area contributed by atoms with E-state index in [1.165, 1.54) is 6.08 Å². The Morgan fingerprint density at radius 3 is 2.59 bits per heavy atom. The van der Waals surface area contributed by atoms with E-state index in [1.54, 1.807) is 6.92 Å². The summed E-state index contributed by atoms with van der Waals surface area (Å²) in [6.45, 7) is 7.50. The summed E-state index contributed by atoms with van der Waals surface area (Å²) in [5.41, 5.74) is 0. The molecular weight excluding hydrogens is 267 g/mol. The highest BCUT2D eigenvalue weighted by atomic mass is 35.5. The van der Waals surface area contributed by atoms with Gasteiger partial charge >= 0.3 is 19.8 Å². The topological polar surface area (TPSA) is 61.8 Å². The number of alkyl halides is 1. The van der Waals surface area contributed by atoms with E-state index in [1.807, 2.05) is 6.92 Å². The normalized spacial score (nSPS) is 14.9. The van der Waals surface area contributed by atoms with Gasteiger partial charge in [-0.1, -0.05) is 13.5 Å². The molecular formula is C10H17ClO5P+. The number of hydrogen-bond acceptors (Lipinski definition) is 5. The number of carbonyl (C=O) groups excluding carboxylic acids is 1. The quantitative estimate of drug-likeness (QED) is 0.214. The second-order valence-corrected chi connectivity index (χ2v) is 4.49. The molecule has 0 rings (SSSR count). The summed E-state index contributed by atoms with van der Waals surface area (Å²) < 4.78 is 26.8. The van der Waals surface area contributed by atoms with Gasteiger partial charge in [0.25, 0.3) is 0 Å². The molecule has 0 amide bonds. The van der Waals surface area contributed by atoms with Crippen LogP contribution in [0.3, 0.4) is 0 Å². The molecule has 0 aromatic carbocycles. The highest BCUT2D eigenvalue weighted by molar-refractivity contribution is 7.40. The third kappa shape index (κ3) is 6.74. The molecule has 3 atom stereocenters. The van der Waals surface area contributed by atoms with Gasteiger partial charge in [-0.05, 0) is 11.5 Å². The van der Waals surface area contributed by atoms with Gasteiger partial charge in [0.05, 0.1) is 0 Å². The van der Waals surface area contributed by atoms with E-state index in [2.05, 4.69) is 6.58 Å². The fraction of sp³-hybridized carbons (Fsp3) is 0.700. The van der Waals surface area contributed by atoms with Gasteiger partial charge in [0.2, 0.25) is 6.29 Å². The van der Waals surface area contributed by atoms with E-state index >= 15 is 0 Å². The van der Waals surface area contributed by atoms with Crippen molar-refractivity contribution >= 4 is 25.6 Å². The number of esters is 1. The molecule has 0 N–H and O–H groups in total. The predicted octanol–water partition coefficient (Wildman–Crippen LogP) is 2.81. The van der Waals surface area contributed by atoms with Crippen molar-refractivity contribution in [3.05, 3.63) is 12.7 Å². The van der Waals surface area contributed by atoms with Crippen molar-refractivity contribution in [1.29, 1.82) is 0 Å². The van der Waals surface area contributed by atoms with Gasteiger partial charge in [-0.3, -0.25) is 4.79 Å². The van der Waals surface area contributed by atoms with Crippen LogP contribution in [0.2, 0.25) is 0 Å². The zero-order valence-corrected chi connectivity index (χ0v) is 11.6. The summed E-state index contributed by atoms with van der Waals surface area (Å²) >= 11 is 5.27. The fourth-order valence-corrected chi connectivity index (χ4v) is 1.93. The monoisotopic (exact) mass is 283 g/mol. The van der Waals surface area contributed by atoms with Crippen LogP contribution in [0.1, 0.15) is 20.3 Å². The van der Waals surface area contributed by atoms with E-state index in [4.69, 9.17) is 25.6 Å². The van der Waals surface area contributed by atoms with E-state index in [0.29, 0.717) is 13.0 Å². The van der Waals surface area contributed by atoms with E-state index in [0.717, 1.165) is 0 Å². The van der Waals surface area contributed by atoms with Crippen molar-refractivity contribution in [2.24, 2.45) is 0 Å². The number of ether oxygens (including phenoxy) is 2. The number of carbonyl (C=O) groups is 1. The first-order valence-corrected chi connectivity index (χ1v) is 6.99. The van der Waals surface area contributed by atoms with Gasteiger partial charge in [0.15, 0.2) is 0 Å². The Hall–Kier alpha value is -0.480. The van der Waals surface area contributed by atoms with Gasteiger partial charge in [0, 0.05) is 19.1 Å². The second kappa shape index (κ2) is 9.54. The lowest BCUT2D eigenvalue weighted by molar-refractivity contribution is -0.141. The smallest absolute Gasteiger partial charge is 0.409 e. The molecule has 98 valence electrons. The molecule has 3 unspecified atom stereocenters. The minimum absolute atomic E-state index is 0.309. The molecule has 5 nitrogen and oxygen atoms in total. The maximum Gasteiger partial charge on any atom is 0.560 e. The first-order valence-electron chi connectivity index (χ1n) is 5.21. The second-order valence-electron chi connectivity index (χ2n) is 2.93. The summed E-state index contributed by atoms with van der Waals surface area (Å²) in [6.07, 6.45) is 1.20. The molecule has 0 aliphatic carbocycles. The largest absolute Gasteiger partial charge is 0.560 e. The minimum Gasteiger partial charge on any atom is -0.409 e. The van der Waals surface area contributed by atoms with Crippen LogP contribution >= 0.6 is 19.6 Å². The molecule has 0 fully saturated rings. The Bertz CT molecular complexity index is 271. The zero-order chi connectivity index (χ0) is 13.3. The van der Waals surface area contributed by atoms with Gasteiger partial charge in [-0.2, -0.15) is 0 Å². The maximum atomic E-state index is 11.7. The van der Waals surface area contributed by atoms with Crippen molar-refractivity contribution < 1.29 is 23.4 Å². The zero-order valence-electron chi connectivity index (χ0n) is 9.93. The lowest BCUT2D eigenvalue weighted by Gasteiger charge is -2.09. The fourth-order valence-electron chi connectivity index (χ4n) is 0.928. The summed E-state index contributed by atoms with van der Waals surface area (Å²) in [5, 5.41) is 0. The summed E-state index contributed by atoms with van der Waals surface area (Å²) in [5.74, 6) is -1.99. The SMILES string of the molecule is C=CC(OC(=O)CCl)[P+](=O)OC(CC)OCC. The average molecular weight is 284 g/mol. The molecule has 0 aromatic rings. The Balaban J connectivity index is 4.33. The Morgan fingerprint density at radius 1 is 1.53 bits per heavy atom. The van der Waals surface area contributed by atoms with Crippen molar-refractivity contribution in [2.75, 3.05) is 12.5 Å². The molecule has 0 saturated heterocycles. The summed E-state index contributed by atoms with van der Waals surface area (Å²) in [4.78, 5) is 10.9. The van der Waals surface area contributed by atoms with Crippen LogP contribution < -0.4 is 0 Å². The molecule has 17 heavy (non-hydrogen) atoms. The van der Waals surface area contributed by atoms with Gasteiger partial charge in [-0.25, -0.2) is 0 Å². The lowest BCUT2D eigenvalue weighted by atomic mass is 10.5. The van der Waals surface area contributed by atoms with E-state index in [-0.39, 0.29) is 5.88 Å². The first kappa shape index (κ1) is 16.5. The van der Waals surface area contributed by atoms with Gasteiger partial charge in [-0.15, -0.1) is 16.1 Å². The average Bonchev–Trinajstić information content (AvgIpc) is 2.34. The number of rotatable bonds is 9. The van der Waals surface area contributed by atoms with Gasteiger partial charge in [0.1, 0.15) is 5.88 Å². The number of hydrogen-bond donors (Lipinski definition) is 0. The van der Waals surface area contributed by atoms with Crippen molar-refractivity contribution in [3.8, 4) is 0 Å². The van der Waals surface area contributed by atoms with Crippen LogP contribution in [0, 0.1) is 0 Å². The van der Waals surface area contributed by atoms with Gasteiger partial charge < -0.3 is 9.47 Å². The Kier molecular flexibility index (Phi) is 9.27. The molecule has 0 saturated carbocycles. The Labute approximate surface area is 107 Å². The van der Waals surface area contributed by atoms with Crippen LogP contribution in [0.25, 0.3) is 0 Å². The standard InChI is InChI=1S/C10H17ClO5P/c1-4-9(14-6-3)16-17(13)10(5-2)15-8(12)7-11/h5,9-10H,2,4,6-7H2,1,3H3/q+1. The third-order valence-electron chi connectivity index (χ3n) is 1.68. The maximum absolute atomic E-state index is 11.7. The highest BCUT2D eigenvalue weighted by Gasteiger charge is 2.36. The molecule has 0 aromatic heterocycles. The highest BCUT2D eigenvalue weighted by Crippen LogP contribution is 2.34. The van der Waals surface area contributed by atoms with E-state index in [9.17, 15) is 9.36 Å². The van der Waals surface area contributed by atoms with Crippen molar-refractivity contribution in [3.63, 3.8) is 0 Å². The van der Waals surface area contributed by atoms with Crippen LogP contribution in [0.4, 0.5) is 0 Å². The Morgan fingerprint density at radius 2 is 2.18 bits per heavy atom. The third-order valence-corrected chi connectivity index (χ3v) is 3.07. The lowest BCUT2D eigenvalue weighted by Crippen LogP contribution is -2.18. The van der Waals surface area contributed by atoms with Crippen molar-refractivity contribution in [1.82, 2.24) is 0 Å². The van der Waals surface area contributed by atoms with Crippen molar-refractivity contribution in [2.45, 2.75) is 32.4 Å². The predicted molar refractivity (Wildman–Crippen MR) is 65.2 cm³/mol. The molecule has 0 aliphatic heterocycles. The molecule has 0 bridgehead atoms. The van der Waals surface area contributed by atoms with Crippen LogP contribution in [-0.2, 0) is 23.4 Å². The molecule has 0 heterocycles. The molecule has 0 radical (unpaired) electrons.